The third kappa shape index (κ3) is 8.21. The van der Waals surface area contributed by atoms with E-state index < -0.39 is 84.3 Å². The lowest BCUT2D eigenvalue weighted by Crippen LogP contribution is -2.69. The van der Waals surface area contributed by atoms with Gasteiger partial charge < -0.3 is 83.4 Å². The van der Waals surface area contributed by atoms with Crippen molar-refractivity contribution in [2.24, 2.45) is 27.9 Å². The number of aliphatic hydroxyl groups is 5. The molecule has 18 heteroatoms. The number of hydrogen-bond acceptors (Lipinski definition) is 15. The minimum Gasteiger partial charge on any atom is -0.467 e. The molecule has 1 saturated heterocycles. The van der Waals surface area contributed by atoms with E-state index >= 15 is 0 Å². The molecule has 0 bridgehead atoms. The number of amides is 1. The zero-order valence-electron chi connectivity index (χ0n) is 25.6. The topological polar surface area (TPSA) is 308 Å². The Morgan fingerprint density at radius 1 is 1.13 bits per heavy atom. The smallest absolute Gasteiger partial charge is 0.254 e. The van der Waals surface area contributed by atoms with Crippen LogP contribution in [-0.4, -0.2) is 149 Å². The molecular formula is C27H50N8O10. The first kappa shape index (κ1) is 35.7. The van der Waals surface area contributed by atoms with Crippen LogP contribution in [0.1, 0.15) is 32.6 Å². The van der Waals surface area contributed by atoms with Crippen molar-refractivity contribution in [1.82, 2.24) is 16.0 Å². The molecule has 2 heterocycles. The number of nitrogens with two attached hydrogens (primary N) is 4. The summed E-state index contributed by atoms with van der Waals surface area (Å²) in [7, 11) is 1.56. The van der Waals surface area contributed by atoms with Crippen LogP contribution in [0.3, 0.4) is 0 Å². The number of guanidine groups is 1. The number of aliphatic imine (C=N–C) groups is 1. The largest absolute Gasteiger partial charge is 0.467 e. The predicted octanol–water partition coefficient (Wildman–Crippen LogP) is -5.90. The summed E-state index contributed by atoms with van der Waals surface area (Å²) >= 11 is 0. The zero-order valence-corrected chi connectivity index (χ0v) is 25.6. The normalized spacial score (nSPS) is 43.1. The van der Waals surface area contributed by atoms with Crippen LogP contribution in [0.4, 0.5) is 0 Å². The van der Waals surface area contributed by atoms with Gasteiger partial charge in [0.15, 0.2) is 17.9 Å². The molecule has 45 heavy (non-hydrogen) atoms. The summed E-state index contributed by atoms with van der Waals surface area (Å²) in [6, 6.07) is -4.11. The van der Waals surface area contributed by atoms with Gasteiger partial charge in [-0.15, -0.1) is 0 Å². The molecule has 0 aromatic heterocycles. The van der Waals surface area contributed by atoms with Gasteiger partial charge in [0.25, 0.3) is 5.91 Å². The molecule has 1 amide bonds. The molecule has 4 rings (SSSR count). The Morgan fingerprint density at radius 3 is 2.51 bits per heavy atom. The van der Waals surface area contributed by atoms with Gasteiger partial charge in [-0.1, -0.05) is 0 Å². The molecule has 3 fully saturated rings. The number of hydrogen-bond donors (Lipinski definition) is 12. The van der Waals surface area contributed by atoms with Crippen LogP contribution in [0, 0.1) is 0 Å². The van der Waals surface area contributed by atoms with Crippen molar-refractivity contribution in [3.8, 4) is 0 Å². The molecule has 2 unspecified atom stereocenters. The number of rotatable bonds is 13. The SMILES string of the molecule is CN[C@@H]1[C@@H](O)[C@@H](O[C@@H]2[C@@H](O)[C@H](O[C@H]3OC(CNCCCO)=CC[C@H]3N)[C@@H](N)C[C@H]2NC(=O)C2(O)CC2N=C(N)N)OC[C@]1(C)O. The highest BCUT2D eigenvalue weighted by molar-refractivity contribution is 5.90. The van der Waals surface area contributed by atoms with Crippen LogP contribution in [0.5, 0.6) is 0 Å². The van der Waals surface area contributed by atoms with Gasteiger partial charge in [-0.05, 0) is 45.9 Å². The molecular weight excluding hydrogens is 596 g/mol. The monoisotopic (exact) mass is 646 g/mol. The van der Waals surface area contributed by atoms with Crippen LogP contribution in [0.15, 0.2) is 16.8 Å². The van der Waals surface area contributed by atoms with E-state index in [0.29, 0.717) is 31.7 Å². The van der Waals surface area contributed by atoms with Gasteiger partial charge in [0, 0.05) is 19.1 Å². The van der Waals surface area contributed by atoms with Crippen molar-refractivity contribution in [3.05, 3.63) is 11.8 Å². The fraction of sp³-hybridized carbons (Fsp3) is 0.852. The number of carbonyl (C=O) groups excluding carboxylic acids is 1. The Kier molecular flexibility index (Phi) is 11.6. The van der Waals surface area contributed by atoms with Gasteiger partial charge in [0.2, 0.25) is 6.29 Å². The lowest BCUT2D eigenvalue weighted by molar-refractivity contribution is -0.304. The molecule has 0 radical (unpaired) electrons. The fourth-order valence-electron chi connectivity index (χ4n) is 6.04. The maximum Gasteiger partial charge on any atom is 0.254 e. The molecule has 0 aromatic carbocycles. The highest BCUT2D eigenvalue weighted by atomic mass is 16.7. The quantitative estimate of drug-likeness (QED) is 0.0503. The van der Waals surface area contributed by atoms with Crippen molar-refractivity contribution in [1.29, 1.82) is 0 Å². The maximum atomic E-state index is 13.2. The third-order valence-electron chi connectivity index (χ3n) is 8.70. The fourth-order valence-corrected chi connectivity index (χ4v) is 6.04. The van der Waals surface area contributed by atoms with Crippen molar-refractivity contribution >= 4 is 11.9 Å². The number of ether oxygens (including phenoxy) is 4. The summed E-state index contributed by atoms with van der Waals surface area (Å²) in [5.41, 5.74) is 20.3. The Morgan fingerprint density at radius 2 is 1.84 bits per heavy atom. The van der Waals surface area contributed by atoms with Crippen LogP contribution in [0.2, 0.25) is 0 Å². The van der Waals surface area contributed by atoms with Gasteiger partial charge in [-0.2, -0.15) is 0 Å². The van der Waals surface area contributed by atoms with Gasteiger partial charge >= 0.3 is 0 Å². The summed E-state index contributed by atoms with van der Waals surface area (Å²) in [5.74, 6) is -0.494. The summed E-state index contributed by atoms with van der Waals surface area (Å²) < 4.78 is 23.9. The Labute approximate surface area is 261 Å². The molecule has 13 atom stereocenters. The number of aliphatic hydroxyl groups excluding tert-OH is 3. The molecule has 16 N–H and O–H groups in total. The van der Waals surface area contributed by atoms with Crippen LogP contribution >= 0.6 is 0 Å². The first-order valence-electron chi connectivity index (χ1n) is 15.2. The zero-order chi connectivity index (χ0) is 33.1. The standard InChI is InChI=1S/C27H50N8O10/c1-26(40)11-42-23(18(38)21(26)32-2)45-20-15(34-24(39)27(41)9-16(27)35-25(30)31)8-14(29)19(17(20)37)44-22-13(28)5-4-12(43-22)10-33-6-3-7-36/h4,13-23,32-33,36-38,40-41H,3,5-11,28-29H2,1-2H3,(H,34,39)(H4,30,31,35)/t13-,14+,15-,16?,17+,18-,19-,20+,21-,22-,23-,26+,27?/m1/s1. The van der Waals surface area contributed by atoms with Gasteiger partial charge in [0.1, 0.15) is 35.8 Å². The van der Waals surface area contributed by atoms with E-state index in [4.69, 9.17) is 47.0 Å². The molecule has 18 nitrogen and oxygen atoms in total. The van der Waals surface area contributed by atoms with E-state index in [0.717, 1.165) is 0 Å². The number of likely N-dealkylation sites (N-methyl/N-ethyl adjacent to an activating group) is 1. The summed E-state index contributed by atoms with van der Waals surface area (Å²) in [6.07, 6.45) is -4.70. The highest BCUT2D eigenvalue weighted by Gasteiger charge is 2.61. The highest BCUT2D eigenvalue weighted by Crippen LogP contribution is 2.40. The van der Waals surface area contributed by atoms with E-state index in [1.807, 2.05) is 6.08 Å². The van der Waals surface area contributed by atoms with Crippen molar-refractivity contribution < 1.29 is 49.3 Å². The Hall–Kier alpha value is -2.20. The van der Waals surface area contributed by atoms with Gasteiger partial charge in [0.05, 0.1) is 37.3 Å². The first-order valence-corrected chi connectivity index (χ1v) is 15.2. The molecule has 0 spiro atoms. The van der Waals surface area contributed by atoms with Crippen molar-refractivity contribution in [2.75, 3.05) is 33.4 Å². The number of carbonyl (C=O) groups is 1. The second-order valence-corrected chi connectivity index (χ2v) is 12.5. The predicted molar refractivity (Wildman–Crippen MR) is 159 cm³/mol. The maximum absolute atomic E-state index is 13.2. The molecule has 0 aromatic rings. The van der Waals surface area contributed by atoms with Crippen molar-refractivity contribution in [2.45, 2.75) is 111 Å². The molecule has 258 valence electrons. The van der Waals surface area contributed by atoms with Gasteiger partial charge in [-0.3, -0.25) is 4.79 Å². The third-order valence-corrected chi connectivity index (χ3v) is 8.70. The van der Waals surface area contributed by atoms with E-state index in [1.54, 1.807) is 7.05 Å². The Bertz CT molecular complexity index is 1080. The summed E-state index contributed by atoms with van der Waals surface area (Å²) in [4.78, 5) is 17.0. The molecule has 4 aliphatic rings. The molecule has 2 saturated carbocycles. The second kappa shape index (κ2) is 14.7. The molecule has 2 aliphatic heterocycles. The van der Waals surface area contributed by atoms with E-state index in [2.05, 4.69) is 20.9 Å². The molecule has 2 aliphatic carbocycles. The minimum absolute atomic E-state index is 0.0136. The minimum atomic E-state index is -1.87. The van der Waals surface area contributed by atoms with Crippen LogP contribution in [0.25, 0.3) is 0 Å². The average molecular weight is 647 g/mol. The van der Waals surface area contributed by atoms with Crippen LogP contribution < -0.4 is 38.9 Å². The lowest BCUT2D eigenvalue weighted by Gasteiger charge is -2.49. The van der Waals surface area contributed by atoms with Crippen molar-refractivity contribution in [3.63, 3.8) is 0 Å². The van der Waals surface area contributed by atoms with Crippen LogP contribution in [-0.2, 0) is 23.7 Å². The number of nitrogens with one attached hydrogen (secondary N) is 3. The average Bonchev–Trinajstić information content (AvgIpc) is 3.63. The summed E-state index contributed by atoms with van der Waals surface area (Å²) in [5, 5.41) is 61.9. The second-order valence-electron chi connectivity index (χ2n) is 12.5. The van der Waals surface area contributed by atoms with E-state index in [-0.39, 0.29) is 32.0 Å². The van der Waals surface area contributed by atoms with Gasteiger partial charge in [-0.25, -0.2) is 4.99 Å². The summed E-state index contributed by atoms with van der Waals surface area (Å²) in [6.45, 7) is 2.30. The first-order chi connectivity index (χ1) is 21.2. The number of nitrogens with zero attached hydrogens (tertiary/aromatic N) is 1. The van der Waals surface area contributed by atoms with E-state index in [1.165, 1.54) is 6.92 Å². The lowest BCUT2D eigenvalue weighted by atomic mass is 9.83. The Balaban J connectivity index is 1.51. The van der Waals surface area contributed by atoms with E-state index in [9.17, 15) is 25.2 Å².